The first kappa shape index (κ1) is 25.7. The van der Waals surface area contributed by atoms with Crippen LogP contribution in [0.3, 0.4) is 0 Å². The van der Waals surface area contributed by atoms with Gasteiger partial charge in [-0.1, -0.05) is 39.1 Å². The molecule has 2 aromatic carbocycles. The molecule has 31 heavy (non-hydrogen) atoms. The van der Waals surface area contributed by atoms with E-state index in [1.807, 2.05) is 19.1 Å². The number of hydrogen-bond donors (Lipinski definition) is 3. The van der Waals surface area contributed by atoms with Crippen molar-refractivity contribution < 1.29 is 19.1 Å². The molecule has 0 bridgehead atoms. The van der Waals surface area contributed by atoms with Gasteiger partial charge in [0.25, 0.3) is 11.8 Å². The number of thiocarbonyl (C=S) groups is 1. The zero-order chi connectivity index (χ0) is 23.1. The van der Waals surface area contributed by atoms with Crippen LogP contribution >= 0.6 is 67.3 Å². The molecular formula is C19H17Br2Cl2N3O4S. The smallest absolute Gasteiger partial charge is 0.276 e. The topological polar surface area (TPSA) is 88.7 Å². The van der Waals surface area contributed by atoms with Gasteiger partial charge in [0.2, 0.25) is 0 Å². The number of amides is 2. The molecule has 0 aliphatic rings. The quantitative estimate of drug-likeness (QED) is 0.324. The highest BCUT2D eigenvalue weighted by Gasteiger charge is 2.18. The predicted octanol–water partition coefficient (Wildman–Crippen LogP) is 4.70. The molecule has 1 unspecified atom stereocenters. The summed E-state index contributed by atoms with van der Waals surface area (Å²) in [6.07, 6.45) is -0.907. The van der Waals surface area contributed by atoms with Gasteiger partial charge >= 0.3 is 0 Å². The van der Waals surface area contributed by atoms with Crippen molar-refractivity contribution in [3.8, 4) is 11.5 Å². The Morgan fingerprint density at radius 2 is 1.87 bits per heavy atom. The summed E-state index contributed by atoms with van der Waals surface area (Å²) >= 11 is 23.6. The van der Waals surface area contributed by atoms with Crippen molar-refractivity contribution in [1.82, 2.24) is 16.2 Å². The van der Waals surface area contributed by atoms with Crippen LogP contribution in [0.1, 0.15) is 12.5 Å². The lowest BCUT2D eigenvalue weighted by Gasteiger charge is -2.17. The third-order valence-corrected chi connectivity index (χ3v) is 5.44. The van der Waals surface area contributed by atoms with Gasteiger partial charge in [-0.15, -0.1) is 0 Å². The molecule has 0 heterocycles. The van der Waals surface area contributed by atoms with Crippen molar-refractivity contribution >= 4 is 84.2 Å². The van der Waals surface area contributed by atoms with Crippen LogP contribution in [0.2, 0.25) is 10.0 Å². The molecule has 0 aliphatic carbocycles. The van der Waals surface area contributed by atoms with Crippen LogP contribution in [-0.2, 0) is 9.59 Å². The summed E-state index contributed by atoms with van der Waals surface area (Å²) < 4.78 is 12.6. The Morgan fingerprint density at radius 3 is 2.52 bits per heavy atom. The summed E-state index contributed by atoms with van der Waals surface area (Å²) in [5.41, 5.74) is 5.62. The molecule has 0 fully saturated rings. The molecule has 166 valence electrons. The molecule has 2 aromatic rings. The van der Waals surface area contributed by atoms with Crippen molar-refractivity contribution in [2.24, 2.45) is 0 Å². The molecule has 12 heteroatoms. The molecule has 0 saturated carbocycles. The highest BCUT2D eigenvalue weighted by Crippen LogP contribution is 2.32. The Hall–Kier alpha value is -1.59. The molecule has 2 rings (SSSR count). The summed E-state index contributed by atoms with van der Waals surface area (Å²) in [7, 11) is 0. The number of hydrogen-bond acceptors (Lipinski definition) is 5. The van der Waals surface area contributed by atoms with E-state index in [0.29, 0.717) is 21.0 Å². The van der Waals surface area contributed by atoms with Crippen LogP contribution in [0.15, 0.2) is 39.3 Å². The molecule has 3 N–H and O–H groups in total. The minimum atomic E-state index is -0.907. The zero-order valence-corrected chi connectivity index (χ0v) is 21.7. The number of aryl methyl sites for hydroxylation is 1. The summed E-state index contributed by atoms with van der Waals surface area (Å²) in [5, 5.41) is 3.01. The van der Waals surface area contributed by atoms with Gasteiger partial charge in [-0.3, -0.25) is 25.8 Å². The number of carbonyl (C=O) groups is 2. The van der Waals surface area contributed by atoms with Crippen LogP contribution in [0.25, 0.3) is 0 Å². The lowest BCUT2D eigenvalue weighted by Crippen LogP contribution is -2.51. The van der Waals surface area contributed by atoms with Crippen LogP contribution in [0.5, 0.6) is 11.5 Å². The standard InChI is InChI=1S/C19H17Br2Cl2N3O4S/c1-9-5-11(20)6-13(21)17(9)29-8-16(27)25-26-19(31)24-18(28)10(2)30-15-4-3-12(22)7-14(15)23/h3-7,10H,8H2,1-2H3,(H,25,27)(H2,24,26,28,31). The largest absolute Gasteiger partial charge is 0.482 e. The van der Waals surface area contributed by atoms with Gasteiger partial charge in [0.15, 0.2) is 17.8 Å². The highest BCUT2D eigenvalue weighted by molar-refractivity contribution is 9.11. The second-order valence-electron chi connectivity index (χ2n) is 6.15. The van der Waals surface area contributed by atoms with Crippen molar-refractivity contribution in [3.63, 3.8) is 0 Å². The minimum absolute atomic E-state index is 0.114. The van der Waals surface area contributed by atoms with E-state index in [1.165, 1.54) is 13.0 Å². The molecule has 0 saturated heterocycles. The summed E-state index contributed by atoms with van der Waals surface area (Å²) in [5.74, 6) is -0.194. The lowest BCUT2D eigenvalue weighted by molar-refractivity contribution is -0.126. The van der Waals surface area contributed by atoms with Crippen molar-refractivity contribution in [1.29, 1.82) is 0 Å². The zero-order valence-electron chi connectivity index (χ0n) is 16.2. The Bertz CT molecular complexity index is 987. The van der Waals surface area contributed by atoms with Crippen molar-refractivity contribution in [2.45, 2.75) is 20.0 Å². The normalized spacial score (nSPS) is 11.3. The molecule has 0 aromatic heterocycles. The van der Waals surface area contributed by atoms with Gasteiger partial charge in [-0.25, -0.2) is 0 Å². The Kier molecular flexibility index (Phi) is 9.83. The highest BCUT2D eigenvalue weighted by atomic mass is 79.9. The molecule has 0 spiro atoms. The van der Waals surface area contributed by atoms with E-state index in [0.717, 1.165) is 10.0 Å². The fourth-order valence-electron chi connectivity index (χ4n) is 2.23. The van der Waals surface area contributed by atoms with Crippen molar-refractivity contribution in [3.05, 3.63) is 54.9 Å². The van der Waals surface area contributed by atoms with Crippen LogP contribution in [0, 0.1) is 6.92 Å². The van der Waals surface area contributed by atoms with Crippen LogP contribution < -0.4 is 25.6 Å². The lowest BCUT2D eigenvalue weighted by atomic mass is 10.2. The summed E-state index contributed by atoms with van der Waals surface area (Å²) in [6, 6.07) is 8.31. The number of ether oxygens (including phenoxy) is 2. The average Bonchev–Trinajstić information content (AvgIpc) is 2.67. The van der Waals surface area contributed by atoms with E-state index in [2.05, 4.69) is 48.0 Å². The first-order valence-corrected chi connectivity index (χ1v) is 11.4. The molecule has 1 atom stereocenters. The maximum atomic E-state index is 12.2. The third kappa shape index (κ3) is 8.12. The van der Waals surface area contributed by atoms with Gasteiger partial charge in [0.1, 0.15) is 11.5 Å². The van der Waals surface area contributed by atoms with E-state index >= 15 is 0 Å². The van der Waals surface area contributed by atoms with Crippen molar-refractivity contribution in [2.75, 3.05) is 6.61 Å². The Balaban J connectivity index is 1.77. The van der Waals surface area contributed by atoms with Gasteiger partial charge in [0.05, 0.1) is 9.50 Å². The monoisotopic (exact) mass is 611 g/mol. The van der Waals surface area contributed by atoms with Gasteiger partial charge < -0.3 is 9.47 Å². The first-order chi connectivity index (χ1) is 14.6. The van der Waals surface area contributed by atoms with E-state index in [9.17, 15) is 9.59 Å². The Labute approximate surface area is 211 Å². The van der Waals surface area contributed by atoms with Crippen LogP contribution in [0.4, 0.5) is 0 Å². The Morgan fingerprint density at radius 1 is 1.16 bits per heavy atom. The number of carbonyl (C=O) groups excluding carboxylic acids is 2. The number of hydrazine groups is 1. The summed E-state index contributed by atoms with van der Waals surface area (Å²) in [6.45, 7) is 3.11. The molecule has 0 aliphatic heterocycles. The number of benzene rings is 2. The second-order valence-corrected chi connectivity index (χ2v) is 9.17. The third-order valence-electron chi connectivity index (χ3n) is 3.66. The maximum absolute atomic E-state index is 12.2. The molecule has 0 radical (unpaired) electrons. The molecular weight excluding hydrogens is 597 g/mol. The fourth-order valence-corrected chi connectivity index (χ4v) is 4.39. The predicted molar refractivity (Wildman–Crippen MR) is 131 cm³/mol. The van der Waals surface area contributed by atoms with Gasteiger partial charge in [0, 0.05) is 9.50 Å². The fraction of sp³-hybridized carbons (Fsp3) is 0.211. The minimum Gasteiger partial charge on any atom is -0.482 e. The number of rotatable bonds is 6. The second kappa shape index (κ2) is 11.9. The molecule has 2 amide bonds. The van der Waals surface area contributed by atoms with E-state index in [1.54, 1.807) is 12.1 Å². The number of halogens is 4. The van der Waals surface area contributed by atoms with E-state index in [4.69, 9.17) is 44.9 Å². The maximum Gasteiger partial charge on any atom is 0.276 e. The van der Waals surface area contributed by atoms with Gasteiger partial charge in [-0.2, -0.15) is 0 Å². The number of nitrogens with one attached hydrogen (secondary N) is 3. The molecule has 7 nitrogen and oxygen atoms in total. The SMILES string of the molecule is Cc1cc(Br)cc(Br)c1OCC(=O)NNC(=S)NC(=O)C(C)Oc1ccc(Cl)cc1Cl. The van der Waals surface area contributed by atoms with E-state index in [-0.39, 0.29) is 16.7 Å². The van der Waals surface area contributed by atoms with E-state index < -0.39 is 17.9 Å². The average molecular weight is 614 g/mol. The first-order valence-electron chi connectivity index (χ1n) is 8.66. The summed E-state index contributed by atoms with van der Waals surface area (Å²) in [4.78, 5) is 24.2. The van der Waals surface area contributed by atoms with Gasteiger partial charge in [-0.05, 0) is 77.9 Å². The van der Waals surface area contributed by atoms with Crippen LogP contribution in [-0.4, -0.2) is 29.6 Å².